The van der Waals surface area contributed by atoms with Crippen LogP contribution in [0, 0.1) is 22.7 Å². The average Bonchev–Trinajstić information content (AvgIpc) is 2.15. The molecule has 7 heteroatoms. The molecule has 0 aromatic carbocycles. The topological polar surface area (TPSA) is 50.1 Å². The molecule has 0 aromatic heterocycles. The summed E-state index contributed by atoms with van der Waals surface area (Å²) in [6.07, 6.45) is 0.180. The van der Waals surface area contributed by atoms with E-state index in [0.29, 0.717) is 0 Å². The van der Waals surface area contributed by atoms with Gasteiger partial charge < -0.3 is 4.74 Å². The Morgan fingerprint density at radius 1 is 1.47 bits per heavy atom. The van der Waals surface area contributed by atoms with Gasteiger partial charge in [0, 0.05) is 16.7 Å². The van der Waals surface area contributed by atoms with Gasteiger partial charge in [-0.15, -0.1) is 0 Å². The summed E-state index contributed by atoms with van der Waals surface area (Å²) in [5, 5.41) is 9.04. The van der Waals surface area contributed by atoms with Crippen molar-refractivity contribution in [3.8, 4) is 6.07 Å². The van der Waals surface area contributed by atoms with E-state index in [-0.39, 0.29) is 11.2 Å². The maximum absolute atomic E-state index is 11.5. The lowest BCUT2D eigenvalue weighted by molar-refractivity contribution is -0.146. The van der Waals surface area contributed by atoms with E-state index in [2.05, 4.69) is 20.7 Å². The molecular weight excluding hydrogens is 352 g/mol. The minimum absolute atomic E-state index is 0.180. The summed E-state index contributed by atoms with van der Waals surface area (Å²) >= 11 is 20.5. The predicted octanol–water partition coefficient (Wildman–Crippen LogP) is 3.85. The van der Waals surface area contributed by atoms with Crippen molar-refractivity contribution < 1.29 is 9.53 Å². The molecule has 17 heavy (non-hydrogen) atoms. The summed E-state index contributed by atoms with van der Waals surface area (Å²) in [7, 11) is 1.24. The average molecular weight is 365 g/mol. The second-order valence-corrected chi connectivity index (χ2v) is 7.81. The van der Waals surface area contributed by atoms with E-state index in [4.69, 9.17) is 40.1 Å². The number of carbonyl (C=O) groups is 1. The van der Waals surface area contributed by atoms with Gasteiger partial charge in [-0.1, -0.05) is 64.6 Å². The van der Waals surface area contributed by atoms with Crippen LogP contribution in [0.5, 0.6) is 0 Å². The number of esters is 1. The lowest BCUT2D eigenvalue weighted by Gasteiger charge is -2.34. The second kappa shape index (κ2) is 6.47. The number of nitrogens with zero attached hydrogens (tertiary/aromatic N) is 1. The van der Waals surface area contributed by atoms with Gasteiger partial charge in [-0.2, -0.15) is 5.26 Å². The molecule has 0 fully saturated rings. The Labute approximate surface area is 124 Å². The molecule has 0 rings (SSSR count). The Morgan fingerprint density at radius 2 is 1.94 bits per heavy atom. The third-order valence-corrected chi connectivity index (χ3v) is 4.49. The van der Waals surface area contributed by atoms with Gasteiger partial charge in [-0.25, -0.2) is 0 Å². The summed E-state index contributed by atoms with van der Waals surface area (Å²) < 4.78 is 3.15. The third-order valence-electron chi connectivity index (χ3n) is 2.53. The van der Waals surface area contributed by atoms with Crippen molar-refractivity contribution in [2.75, 3.05) is 7.11 Å². The van der Waals surface area contributed by atoms with Gasteiger partial charge in [-0.05, 0) is 0 Å². The number of alkyl halides is 4. The number of hydrogen-bond acceptors (Lipinski definition) is 3. The minimum Gasteiger partial charge on any atom is -0.468 e. The van der Waals surface area contributed by atoms with Crippen LogP contribution in [0.15, 0.2) is 0 Å². The first-order valence-corrected chi connectivity index (χ1v) is 6.79. The smallest absolute Gasteiger partial charge is 0.323 e. The lowest BCUT2D eigenvalue weighted by atomic mass is 9.76. The zero-order chi connectivity index (χ0) is 13.9. The SMILES string of the molecule is COC(=O)C(C#N)C(C)(C)C(Br)CC(Cl)(Cl)Cl. The first-order chi connectivity index (χ1) is 7.56. The van der Waals surface area contributed by atoms with Crippen LogP contribution < -0.4 is 0 Å². The number of rotatable bonds is 4. The first-order valence-electron chi connectivity index (χ1n) is 4.74. The summed E-state index contributed by atoms with van der Waals surface area (Å²) in [6, 6.07) is 1.93. The molecule has 0 radical (unpaired) electrons. The standard InChI is InChI=1S/C10H13BrCl3NO2/c1-9(2,6(5-15)8(16)17-3)7(11)4-10(12,13)14/h6-7H,4H2,1-3H3. The highest BCUT2D eigenvalue weighted by atomic mass is 79.9. The lowest BCUT2D eigenvalue weighted by Crippen LogP contribution is -2.39. The number of hydrogen-bond donors (Lipinski definition) is 0. The fourth-order valence-electron chi connectivity index (χ4n) is 1.29. The molecule has 0 heterocycles. The van der Waals surface area contributed by atoms with Gasteiger partial charge in [0.05, 0.1) is 13.2 Å². The Morgan fingerprint density at radius 3 is 2.24 bits per heavy atom. The largest absolute Gasteiger partial charge is 0.468 e. The molecular formula is C10H13BrCl3NO2. The molecule has 0 saturated heterocycles. The Balaban J connectivity index is 4.98. The van der Waals surface area contributed by atoms with Crippen LogP contribution in [-0.2, 0) is 9.53 Å². The van der Waals surface area contributed by atoms with Crippen molar-refractivity contribution in [1.29, 1.82) is 5.26 Å². The zero-order valence-corrected chi connectivity index (χ0v) is 13.5. The Kier molecular flexibility index (Phi) is 6.59. The summed E-state index contributed by atoms with van der Waals surface area (Å²) in [5.41, 5.74) is -0.717. The molecule has 3 nitrogen and oxygen atoms in total. The summed E-state index contributed by atoms with van der Waals surface area (Å²) in [4.78, 5) is 11.2. The van der Waals surface area contributed by atoms with Crippen LogP contribution in [0.4, 0.5) is 0 Å². The monoisotopic (exact) mass is 363 g/mol. The van der Waals surface area contributed by atoms with E-state index >= 15 is 0 Å². The first kappa shape index (κ1) is 17.3. The quantitative estimate of drug-likeness (QED) is 0.562. The van der Waals surface area contributed by atoms with Crippen molar-refractivity contribution in [3.63, 3.8) is 0 Å². The van der Waals surface area contributed by atoms with E-state index in [1.165, 1.54) is 7.11 Å². The fourth-order valence-corrected chi connectivity index (χ4v) is 3.06. The van der Waals surface area contributed by atoms with Gasteiger partial charge in [0.1, 0.15) is 5.92 Å². The van der Waals surface area contributed by atoms with Gasteiger partial charge >= 0.3 is 5.97 Å². The highest BCUT2D eigenvalue weighted by Crippen LogP contribution is 2.43. The van der Waals surface area contributed by atoms with Crippen molar-refractivity contribution in [1.82, 2.24) is 0 Å². The zero-order valence-electron chi connectivity index (χ0n) is 9.64. The maximum Gasteiger partial charge on any atom is 0.323 e. The molecule has 0 aliphatic heterocycles. The Hall–Kier alpha value is 0.310. The predicted molar refractivity (Wildman–Crippen MR) is 72.5 cm³/mol. The van der Waals surface area contributed by atoms with E-state index in [9.17, 15) is 4.79 Å². The van der Waals surface area contributed by atoms with Crippen molar-refractivity contribution >= 4 is 56.7 Å². The molecule has 0 spiro atoms. The molecule has 2 atom stereocenters. The van der Waals surface area contributed by atoms with E-state index in [1.54, 1.807) is 13.8 Å². The van der Waals surface area contributed by atoms with Gasteiger partial charge in [-0.3, -0.25) is 4.79 Å². The molecule has 0 saturated carbocycles. The second-order valence-electron chi connectivity index (χ2n) is 4.19. The van der Waals surface area contributed by atoms with Crippen LogP contribution in [0.1, 0.15) is 20.3 Å². The highest BCUT2D eigenvalue weighted by molar-refractivity contribution is 9.09. The molecule has 2 unspecified atom stereocenters. The Bertz CT molecular complexity index is 322. The number of methoxy groups -OCH3 is 1. The van der Waals surface area contributed by atoms with Crippen LogP contribution in [0.2, 0.25) is 0 Å². The molecule has 98 valence electrons. The molecule has 0 aromatic rings. The number of halogens is 4. The molecule has 0 N–H and O–H groups in total. The van der Waals surface area contributed by atoms with Gasteiger partial charge in [0.15, 0.2) is 3.79 Å². The van der Waals surface area contributed by atoms with Crippen molar-refractivity contribution in [2.45, 2.75) is 28.9 Å². The molecule has 0 aliphatic rings. The highest BCUT2D eigenvalue weighted by Gasteiger charge is 2.44. The number of carbonyl (C=O) groups excluding carboxylic acids is 1. The van der Waals surface area contributed by atoms with Crippen LogP contribution >= 0.6 is 50.7 Å². The van der Waals surface area contributed by atoms with E-state index in [1.807, 2.05) is 6.07 Å². The molecule has 0 aliphatic carbocycles. The van der Waals surface area contributed by atoms with Gasteiger partial charge in [0.25, 0.3) is 0 Å². The fraction of sp³-hybridized carbons (Fsp3) is 0.800. The van der Waals surface area contributed by atoms with Crippen molar-refractivity contribution in [3.05, 3.63) is 0 Å². The van der Waals surface area contributed by atoms with Crippen LogP contribution in [-0.4, -0.2) is 21.7 Å². The van der Waals surface area contributed by atoms with Gasteiger partial charge in [0.2, 0.25) is 0 Å². The maximum atomic E-state index is 11.5. The third kappa shape index (κ3) is 5.21. The molecule has 0 bridgehead atoms. The normalized spacial score (nSPS) is 15.9. The van der Waals surface area contributed by atoms with E-state index < -0.39 is 21.1 Å². The van der Waals surface area contributed by atoms with Crippen LogP contribution in [0.25, 0.3) is 0 Å². The van der Waals surface area contributed by atoms with Crippen molar-refractivity contribution in [2.24, 2.45) is 11.3 Å². The van der Waals surface area contributed by atoms with Crippen LogP contribution in [0.3, 0.4) is 0 Å². The minimum atomic E-state index is -1.44. The number of nitriles is 1. The van der Waals surface area contributed by atoms with E-state index in [0.717, 1.165) is 0 Å². The molecule has 0 amide bonds. The summed E-state index contributed by atoms with van der Waals surface area (Å²) in [5.74, 6) is -1.52. The summed E-state index contributed by atoms with van der Waals surface area (Å²) in [6.45, 7) is 3.49. The number of ether oxygens (including phenoxy) is 1.